The summed E-state index contributed by atoms with van der Waals surface area (Å²) in [5, 5.41) is 6.64. The summed E-state index contributed by atoms with van der Waals surface area (Å²) in [7, 11) is 1.78. The van der Waals surface area contributed by atoms with E-state index in [2.05, 4.69) is 39.7 Å². The maximum Gasteiger partial charge on any atom is 0.191 e. The number of pyridine rings is 1. The van der Waals surface area contributed by atoms with E-state index in [0.29, 0.717) is 6.61 Å². The Hall–Kier alpha value is -2.56. The molecule has 1 heterocycles. The number of guanidine groups is 1. The van der Waals surface area contributed by atoms with Crippen molar-refractivity contribution in [1.82, 2.24) is 15.6 Å². The summed E-state index contributed by atoms with van der Waals surface area (Å²) in [5.74, 6) is 1.73. The van der Waals surface area contributed by atoms with Crippen LogP contribution >= 0.6 is 0 Å². The second-order valence-electron chi connectivity index (χ2n) is 5.46. The molecule has 24 heavy (non-hydrogen) atoms. The maximum absolute atomic E-state index is 5.57. The van der Waals surface area contributed by atoms with Crippen LogP contribution in [0.1, 0.15) is 23.7 Å². The van der Waals surface area contributed by atoms with Crippen molar-refractivity contribution in [3.63, 3.8) is 0 Å². The van der Waals surface area contributed by atoms with Crippen molar-refractivity contribution in [1.29, 1.82) is 0 Å². The molecule has 128 valence electrons. The Morgan fingerprint density at radius 1 is 1.21 bits per heavy atom. The minimum atomic E-state index is 0.686. The van der Waals surface area contributed by atoms with Gasteiger partial charge in [-0.15, -0.1) is 0 Å². The highest BCUT2D eigenvalue weighted by atomic mass is 16.5. The van der Waals surface area contributed by atoms with Crippen LogP contribution < -0.4 is 15.4 Å². The van der Waals surface area contributed by atoms with Gasteiger partial charge in [0.05, 0.1) is 6.61 Å². The minimum absolute atomic E-state index is 0.686. The lowest BCUT2D eigenvalue weighted by atomic mass is 10.1. The molecule has 5 heteroatoms. The summed E-state index contributed by atoms with van der Waals surface area (Å²) in [4.78, 5) is 8.57. The Bertz CT molecular complexity index is 656. The number of hydrogen-bond donors (Lipinski definition) is 2. The van der Waals surface area contributed by atoms with Crippen molar-refractivity contribution >= 4 is 5.96 Å². The normalized spacial score (nSPS) is 11.2. The zero-order valence-electron chi connectivity index (χ0n) is 14.7. The van der Waals surface area contributed by atoms with E-state index in [0.717, 1.165) is 42.5 Å². The molecular formula is C19H26N4O. The molecule has 2 N–H and O–H groups in total. The number of aromatic nitrogens is 1. The first kappa shape index (κ1) is 17.8. The second-order valence-corrected chi connectivity index (χ2v) is 5.46. The van der Waals surface area contributed by atoms with Crippen molar-refractivity contribution in [3.8, 4) is 5.75 Å². The third kappa shape index (κ3) is 5.57. The summed E-state index contributed by atoms with van der Waals surface area (Å²) in [6.45, 7) is 6.25. The fraction of sp³-hybridized carbons (Fsp3) is 0.368. The standard InChI is InChI=1S/C19H26N4O/c1-4-24-18-9-8-16(13-15(18)2)14-23-19(20-3)22-12-10-17-7-5-6-11-21-17/h5-9,11,13H,4,10,12,14H2,1-3H3,(H2,20,22,23). The van der Waals surface area contributed by atoms with Crippen molar-refractivity contribution in [3.05, 3.63) is 59.4 Å². The average Bonchev–Trinajstić information content (AvgIpc) is 2.61. The zero-order chi connectivity index (χ0) is 17.2. The molecule has 0 fully saturated rings. The molecule has 0 atom stereocenters. The Balaban J connectivity index is 1.80. The number of rotatable bonds is 7. The lowest BCUT2D eigenvalue weighted by Crippen LogP contribution is -2.37. The van der Waals surface area contributed by atoms with E-state index in [1.807, 2.05) is 37.4 Å². The van der Waals surface area contributed by atoms with Crippen molar-refractivity contribution < 1.29 is 4.74 Å². The van der Waals surface area contributed by atoms with Gasteiger partial charge in [-0.3, -0.25) is 9.98 Å². The topological polar surface area (TPSA) is 58.5 Å². The summed E-state index contributed by atoms with van der Waals surface area (Å²) in [6, 6.07) is 12.2. The van der Waals surface area contributed by atoms with E-state index in [-0.39, 0.29) is 0 Å². The van der Waals surface area contributed by atoms with Crippen LogP contribution in [-0.2, 0) is 13.0 Å². The Kier molecular flexibility index (Phi) is 7.08. The highest BCUT2D eigenvalue weighted by molar-refractivity contribution is 5.79. The van der Waals surface area contributed by atoms with Crippen LogP contribution in [0.25, 0.3) is 0 Å². The summed E-state index contributed by atoms with van der Waals surface area (Å²) >= 11 is 0. The molecule has 0 aliphatic carbocycles. The number of ether oxygens (including phenoxy) is 1. The number of benzene rings is 1. The predicted molar refractivity (Wildman–Crippen MR) is 98.5 cm³/mol. The molecule has 0 saturated heterocycles. The fourth-order valence-corrected chi connectivity index (χ4v) is 2.40. The van der Waals surface area contributed by atoms with Gasteiger partial charge in [-0.05, 0) is 43.2 Å². The molecule has 0 bridgehead atoms. The van der Waals surface area contributed by atoms with Gasteiger partial charge in [0.1, 0.15) is 5.75 Å². The Morgan fingerprint density at radius 3 is 2.75 bits per heavy atom. The molecule has 0 amide bonds. The van der Waals surface area contributed by atoms with Crippen LogP contribution in [0.2, 0.25) is 0 Å². The minimum Gasteiger partial charge on any atom is -0.494 e. The molecular weight excluding hydrogens is 300 g/mol. The lowest BCUT2D eigenvalue weighted by molar-refractivity contribution is 0.338. The first-order valence-electron chi connectivity index (χ1n) is 8.29. The molecule has 0 aliphatic rings. The summed E-state index contributed by atoms with van der Waals surface area (Å²) in [5.41, 5.74) is 3.42. The molecule has 1 aromatic carbocycles. The van der Waals surface area contributed by atoms with Crippen molar-refractivity contribution in [2.45, 2.75) is 26.8 Å². The van der Waals surface area contributed by atoms with Crippen LogP contribution in [0.15, 0.2) is 47.6 Å². The molecule has 0 radical (unpaired) electrons. The van der Waals surface area contributed by atoms with Crippen LogP contribution in [-0.4, -0.2) is 31.1 Å². The first-order valence-corrected chi connectivity index (χ1v) is 8.29. The van der Waals surface area contributed by atoms with Gasteiger partial charge < -0.3 is 15.4 Å². The number of hydrogen-bond acceptors (Lipinski definition) is 3. The summed E-state index contributed by atoms with van der Waals surface area (Å²) < 4.78 is 5.57. The third-order valence-electron chi connectivity index (χ3n) is 3.62. The SMILES string of the molecule is CCOc1ccc(CNC(=NC)NCCc2ccccn2)cc1C. The first-order chi connectivity index (χ1) is 11.7. The van der Waals surface area contributed by atoms with E-state index in [1.165, 1.54) is 5.56 Å². The molecule has 5 nitrogen and oxygen atoms in total. The van der Waals surface area contributed by atoms with Crippen molar-refractivity contribution in [2.24, 2.45) is 4.99 Å². The van der Waals surface area contributed by atoms with Gasteiger partial charge in [-0.1, -0.05) is 18.2 Å². The maximum atomic E-state index is 5.57. The highest BCUT2D eigenvalue weighted by Gasteiger charge is 2.03. The highest BCUT2D eigenvalue weighted by Crippen LogP contribution is 2.18. The summed E-state index contributed by atoms with van der Waals surface area (Å²) in [6.07, 6.45) is 2.68. The second kappa shape index (κ2) is 9.55. The van der Waals surface area contributed by atoms with Gasteiger partial charge >= 0.3 is 0 Å². The monoisotopic (exact) mass is 326 g/mol. The fourth-order valence-electron chi connectivity index (χ4n) is 2.40. The molecule has 2 rings (SSSR count). The largest absolute Gasteiger partial charge is 0.494 e. The lowest BCUT2D eigenvalue weighted by Gasteiger charge is -2.13. The van der Waals surface area contributed by atoms with Crippen LogP contribution in [0.5, 0.6) is 5.75 Å². The molecule has 0 spiro atoms. The third-order valence-corrected chi connectivity index (χ3v) is 3.62. The van der Waals surface area contributed by atoms with Gasteiger partial charge in [0.15, 0.2) is 5.96 Å². The van der Waals surface area contributed by atoms with E-state index in [9.17, 15) is 0 Å². The average molecular weight is 326 g/mol. The van der Waals surface area contributed by atoms with Gasteiger partial charge in [0, 0.05) is 38.4 Å². The van der Waals surface area contributed by atoms with E-state index in [1.54, 1.807) is 7.05 Å². The van der Waals surface area contributed by atoms with Crippen LogP contribution in [0.4, 0.5) is 0 Å². The Morgan fingerprint density at radius 2 is 2.08 bits per heavy atom. The molecule has 2 aromatic rings. The number of aliphatic imine (C=N–C) groups is 1. The van der Waals surface area contributed by atoms with Crippen LogP contribution in [0, 0.1) is 6.92 Å². The quantitative estimate of drug-likeness (QED) is 0.607. The zero-order valence-corrected chi connectivity index (χ0v) is 14.7. The smallest absolute Gasteiger partial charge is 0.191 e. The Labute approximate surface area is 144 Å². The van der Waals surface area contributed by atoms with Crippen molar-refractivity contribution in [2.75, 3.05) is 20.2 Å². The number of nitrogens with one attached hydrogen (secondary N) is 2. The van der Waals surface area contributed by atoms with Crippen LogP contribution in [0.3, 0.4) is 0 Å². The number of aryl methyl sites for hydroxylation is 1. The van der Waals surface area contributed by atoms with Gasteiger partial charge in [0.25, 0.3) is 0 Å². The molecule has 0 saturated carbocycles. The van der Waals surface area contributed by atoms with E-state index >= 15 is 0 Å². The van der Waals surface area contributed by atoms with Gasteiger partial charge in [0.2, 0.25) is 0 Å². The molecule has 0 unspecified atom stereocenters. The van der Waals surface area contributed by atoms with E-state index < -0.39 is 0 Å². The molecule has 0 aliphatic heterocycles. The number of nitrogens with zero attached hydrogens (tertiary/aromatic N) is 2. The van der Waals surface area contributed by atoms with E-state index in [4.69, 9.17) is 4.74 Å². The van der Waals surface area contributed by atoms with Gasteiger partial charge in [-0.2, -0.15) is 0 Å². The molecule has 1 aromatic heterocycles. The predicted octanol–water partition coefficient (Wildman–Crippen LogP) is 2.70. The van der Waals surface area contributed by atoms with Gasteiger partial charge in [-0.25, -0.2) is 0 Å².